The number of nitrogens with zero attached hydrogens (tertiary/aromatic N) is 1. The van der Waals surface area contributed by atoms with Crippen molar-refractivity contribution in [1.82, 2.24) is 0 Å². The van der Waals surface area contributed by atoms with E-state index in [4.69, 9.17) is 21.1 Å². The number of aliphatic imine (C=N–C) groups is 1. The van der Waals surface area contributed by atoms with E-state index in [0.717, 1.165) is 20.4 Å². The first-order valence-corrected chi connectivity index (χ1v) is 10.7. The first kappa shape index (κ1) is 20.6. The lowest BCUT2D eigenvalue weighted by Crippen LogP contribution is -2.06. The van der Waals surface area contributed by atoms with Gasteiger partial charge in [-0.25, -0.2) is 9.79 Å². The van der Waals surface area contributed by atoms with Crippen LogP contribution in [-0.4, -0.2) is 11.9 Å². The normalized spacial score (nSPS) is 14.6. The molecule has 0 atom stereocenters. The van der Waals surface area contributed by atoms with Gasteiger partial charge in [0.05, 0.1) is 10.6 Å². The summed E-state index contributed by atoms with van der Waals surface area (Å²) in [4.78, 5) is 16.6. The predicted molar refractivity (Wildman–Crippen MR) is 127 cm³/mol. The van der Waals surface area contributed by atoms with Crippen molar-refractivity contribution >= 4 is 52.1 Å². The maximum atomic E-state index is 12.2. The van der Waals surface area contributed by atoms with Crippen LogP contribution in [0, 0.1) is 10.5 Å². The molecule has 30 heavy (non-hydrogen) atoms. The van der Waals surface area contributed by atoms with Gasteiger partial charge < -0.3 is 9.47 Å². The van der Waals surface area contributed by atoms with Crippen LogP contribution in [0.1, 0.15) is 22.3 Å². The minimum Gasteiger partial charge on any atom is -0.489 e. The van der Waals surface area contributed by atoms with Crippen LogP contribution in [0.4, 0.5) is 0 Å². The van der Waals surface area contributed by atoms with Gasteiger partial charge in [0.25, 0.3) is 0 Å². The number of hydrogen-bond donors (Lipinski definition) is 0. The molecule has 150 valence electrons. The maximum Gasteiger partial charge on any atom is 0.363 e. The van der Waals surface area contributed by atoms with Gasteiger partial charge in [0, 0.05) is 3.57 Å². The first-order chi connectivity index (χ1) is 14.5. The Bertz CT molecular complexity index is 1170. The number of carbonyl (C=O) groups excluding carboxylic acids is 1. The lowest BCUT2D eigenvalue weighted by Gasteiger charge is -2.08. The summed E-state index contributed by atoms with van der Waals surface area (Å²) in [5.41, 5.74) is 3.99. The van der Waals surface area contributed by atoms with E-state index in [1.165, 1.54) is 5.56 Å². The van der Waals surface area contributed by atoms with E-state index < -0.39 is 5.97 Å². The van der Waals surface area contributed by atoms with Crippen molar-refractivity contribution in [3.63, 3.8) is 0 Å². The highest BCUT2D eigenvalue weighted by atomic mass is 127. The summed E-state index contributed by atoms with van der Waals surface area (Å²) in [5, 5.41) is 0.485. The molecule has 0 unspecified atom stereocenters. The molecule has 0 radical (unpaired) electrons. The molecular weight excluding hydrogens is 513 g/mol. The van der Waals surface area contributed by atoms with Gasteiger partial charge in [-0.2, -0.15) is 0 Å². The minimum atomic E-state index is -0.500. The summed E-state index contributed by atoms with van der Waals surface area (Å²) in [6.45, 7) is 2.57. The highest BCUT2D eigenvalue weighted by molar-refractivity contribution is 14.1. The van der Waals surface area contributed by atoms with Crippen molar-refractivity contribution in [2.24, 2.45) is 4.99 Å². The van der Waals surface area contributed by atoms with Crippen LogP contribution >= 0.6 is 34.2 Å². The lowest BCUT2D eigenvalue weighted by molar-refractivity contribution is -0.129. The average Bonchev–Trinajstić information content (AvgIpc) is 3.10. The van der Waals surface area contributed by atoms with Crippen LogP contribution < -0.4 is 4.74 Å². The Labute approximate surface area is 193 Å². The molecule has 0 bridgehead atoms. The molecule has 4 nitrogen and oxygen atoms in total. The van der Waals surface area contributed by atoms with Crippen LogP contribution in [-0.2, 0) is 16.1 Å². The molecule has 3 aromatic carbocycles. The molecule has 0 spiro atoms. The van der Waals surface area contributed by atoms with Crippen LogP contribution in [0.15, 0.2) is 77.4 Å². The third-order valence-electron chi connectivity index (χ3n) is 4.62. The molecular formula is C24H17ClINO3. The van der Waals surface area contributed by atoms with Crippen molar-refractivity contribution in [3.8, 4) is 5.75 Å². The average molecular weight is 530 g/mol. The standard InChI is InChI=1S/C24H17ClINO3/c1-15-4-2-3-5-17(15)14-29-19-9-6-16(7-10-19)12-22-24(28)30-23(27-22)20-13-18(26)8-11-21(20)25/h2-13H,14H2,1H3/b22-12-. The number of benzene rings is 3. The molecule has 0 saturated heterocycles. The van der Waals surface area contributed by atoms with E-state index in [9.17, 15) is 4.79 Å². The number of halogens is 2. The van der Waals surface area contributed by atoms with Crippen LogP contribution in [0.2, 0.25) is 5.02 Å². The molecule has 3 aromatic rings. The second-order valence-electron chi connectivity index (χ2n) is 6.74. The molecule has 4 rings (SSSR count). The number of esters is 1. The Balaban J connectivity index is 1.49. The smallest absolute Gasteiger partial charge is 0.363 e. The molecule has 0 N–H and O–H groups in total. The zero-order valence-corrected chi connectivity index (χ0v) is 19.0. The Morgan fingerprint density at radius 2 is 1.87 bits per heavy atom. The highest BCUT2D eigenvalue weighted by Gasteiger charge is 2.25. The van der Waals surface area contributed by atoms with Crippen molar-refractivity contribution < 1.29 is 14.3 Å². The van der Waals surface area contributed by atoms with E-state index in [0.29, 0.717) is 17.2 Å². The van der Waals surface area contributed by atoms with Crippen molar-refractivity contribution in [1.29, 1.82) is 0 Å². The van der Waals surface area contributed by atoms with Gasteiger partial charge in [0.1, 0.15) is 12.4 Å². The molecule has 1 heterocycles. The summed E-state index contributed by atoms with van der Waals surface area (Å²) >= 11 is 8.40. The molecule has 0 aliphatic carbocycles. The van der Waals surface area contributed by atoms with Crippen LogP contribution in [0.3, 0.4) is 0 Å². The van der Waals surface area contributed by atoms with Crippen molar-refractivity contribution in [2.45, 2.75) is 13.5 Å². The number of ether oxygens (including phenoxy) is 2. The Kier molecular flexibility index (Phi) is 6.20. The summed E-state index contributed by atoms with van der Waals surface area (Å²) in [7, 11) is 0. The summed E-state index contributed by atoms with van der Waals surface area (Å²) in [6.07, 6.45) is 1.68. The molecule has 1 aliphatic heterocycles. The second kappa shape index (κ2) is 9.02. The Morgan fingerprint density at radius 3 is 2.63 bits per heavy atom. The van der Waals surface area contributed by atoms with Gasteiger partial charge in [-0.15, -0.1) is 0 Å². The summed E-state index contributed by atoms with van der Waals surface area (Å²) in [6, 6.07) is 21.1. The number of cyclic esters (lactones) is 1. The SMILES string of the molecule is Cc1ccccc1COc1ccc(/C=C2\N=C(c3cc(I)ccc3Cl)OC2=O)cc1. The molecule has 0 fully saturated rings. The summed E-state index contributed by atoms with van der Waals surface area (Å²) < 4.78 is 12.2. The second-order valence-corrected chi connectivity index (χ2v) is 8.40. The zero-order chi connectivity index (χ0) is 21.1. The lowest BCUT2D eigenvalue weighted by atomic mass is 10.1. The van der Waals surface area contributed by atoms with Crippen LogP contribution in [0.25, 0.3) is 6.08 Å². The quantitative estimate of drug-likeness (QED) is 0.225. The first-order valence-electron chi connectivity index (χ1n) is 9.25. The molecule has 0 aromatic heterocycles. The number of carbonyl (C=O) groups is 1. The van der Waals surface area contributed by atoms with E-state index in [1.807, 2.05) is 48.5 Å². The van der Waals surface area contributed by atoms with E-state index in [-0.39, 0.29) is 11.6 Å². The van der Waals surface area contributed by atoms with Crippen LogP contribution in [0.5, 0.6) is 5.75 Å². The van der Waals surface area contributed by atoms with E-state index >= 15 is 0 Å². The maximum absolute atomic E-state index is 12.2. The third-order valence-corrected chi connectivity index (χ3v) is 5.62. The van der Waals surface area contributed by atoms with Gasteiger partial charge in [-0.3, -0.25) is 0 Å². The largest absolute Gasteiger partial charge is 0.489 e. The Morgan fingerprint density at radius 1 is 1.10 bits per heavy atom. The number of rotatable bonds is 5. The monoisotopic (exact) mass is 529 g/mol. The minimum absolute atomic E-state index is 0.216. The zero-order valence-electron chi connectivity index (χ0n) is 16.1. The van der Waals surface area contributed by atoms with Gasteiger partial charge in [-0.05, 0) is 82.6 Å². The fourth-order valence-electron chi connectivity index (χ4n) is 2.94. The number of hydrogen-bond acceptors (Lipinski definition) is 4. The van der Waals surface area contributed by atoms with Gasteiger partial charge in [0.2, 0.25) is 5.90 Å². The predicted octanol–water partition coefficient (Wildman–Crippen LogP) is 6.18. The topological polar surface area (TPSA) is 47.9 Å². The highest BCUT2D eigenvalue weighted by Crippen LogP contribution is 2.26. The van der Waals surface area contributed by atoms with Gasteiger partial charge >= 0.3 is 5.97 Å². The van der Waals surface area contributed by atoms with Crippen molar-refractivity contribution in [2.75, 3.05) is 0 Å². The van der Waals surface area contributed by atoms with E-state index in [2.05, 4.69) is 46.6 Å². The number of aryl methyl sites for hydroxylation is 1. The summed E-state index contributed by atoms with van der Waals surface area (Å²) in [5.74, 6) is 0.469. The van der Waals surface area contributed by atoms with Gasteiger partial charge in [-0.1, -0.05) is 48.0 Å². The molecule has 0 amide bonds. The van der Waals surface area contributed by atoms with Crippen molar-refractivity contribution in [3.05, 3.63) is 103 Å². The fourth-order valence-corrected chi connectivity index (χ4v) is 3.63. The Hall–Kier alpha value is -2.64. The molecule has 0 saturated carbocycles. The fraction of sp³-hybridized carbons (Fsp3) is 0.0833. The molecule has 6 heteroatoms. The van der Waals surface area contributed by atoms with Gasteiger partial charge in [0.15, 0.2) is 5.70 Å². The van der Waals surface area contributed by atoms with E-state index in [1.54, 1.807) is 12.1 Å². The molecule has 1 aliphatic rings. The third kappa shape index (κ3) is 4.74.